The third-order valence-electron chi connectivity index (χ3n) is 5.29. The van der Waals surface area contributed by atoms with Crippen molar-refractivity contribution in [2.24, 2.45) is 0 Å². The highest BCUT2D eigenvalue weighted by Crippen LogP contribution is 2.31. The molecule has 0 atom stereocenters. The van der Waals surface area contributed by atoms with E-state index in [0.717, 1.165) is 35.6 Å². The number of carbonyl (C=O) groups excluding carboxylic acids is 2. The first kappa shape index (κ1) is 21.9. The molecule has 6 nitrogen and oxygen atoms in total. The second kappa shape index (κ2) is 9.82. The Morgan fingerprint density at radius 2 is 1.73 bits per heavy atom. The summed E-state index contributed by atoms with van der Waals surface area (Å²) in [6, 6.07) is 12.6. The number of fused-ring (bicyclic) bond motifs is 1. The number of ether oxygens (including phenoxy) is 1. The highest BCUT2D eigenvalue weighted by molar-refractivity contribution is 7.22. The van der Waals surface area contributed by atoms with Gasteiger partial charge in [0.05, 0.1) is 43.5 Å². The van der Waals surface area contributed by atoms with E-state index in [4.69, 9.17) is 9.72 Å². The van der Waals surface area contributed by atoms with Crippen molar-refractivity contribution in [1.82, 2.24) is 4.98 Å². The van der Waals surface area contributed by atoms with Crippen LogP contribution in [0.3, 0.4) is 0 Å². The van der Waals surface area contributed by atoms with E-state index in [1.165, 1.54) is 23.2 Å². The molecule has 30 heavy (non-hydrogen) atoms. The van der Waals surface area contributed by atoms with E-state index < -0.39 is 0 Å². The van der Waals surface area contributed by atoms with Gasteiger partial charge < -0.3 is 9.64 Å². The molecule has 0 unspecified atom stereocenters. The number of benzene rings is 2. The zero-order chi connectivity index (χ0) is 21.7. The predicted molar refractivity (Wildman–Crippen MR) is 121 cm³/mol. The Bertz CT molecular complexity index is 1030. The number of hydrogen-bond acceptors (Lipinski definition) is 5. The van der Waals surface area contributed by atoms with Gasteiger partial charge in [0, 0.05) is 17.2 Å². The van der Waals surface area contributed by atoms with Crippen LogP contribution in [0.2, 0.25) is 0 Å². The number of aromatic nitrogens is 1. The molecular weight excluding hydrogens is 398 g/mol. The molecule has 0 spiro atoms. The standard InChI is InChI=1S/C23H27N3O3S/c1-5-25(6-2)13-14-26(22(28)18-9-7-17(8-10-18)16(3)27)23-24-20-15-19(29-4)11-12-21(20)30-23/h7-12,15H,5-6,13-14H2,1-4H3/p+1. The molecular formula is C23H28N3O3S+. The molecule has 0 aliphatic heterocycles. The number of nitrogens with one attached hydrogen (secondary N) is 1. The SMILES string of the molecule is CC[NH+](CC)CCN(C(=O)c1ccc(C(C)=O)cc1)c1nc2cc(OC)ccc2s1. The smallest absolute Gasteiger partial charge is 0.260 e. The molecule has 0 saturated carbocycles. The first-order valence-corrected chi connectivity index (χ1v) is 11.0. The number of hydrogen-bond donors (Lipinski definition) is 1. The molecule has 1 N–H and O–H groups in total. The summed E-state index contributed by atoms with van der Waals surface area (Å²) in [4.78, 5) is 32.8. The highest BCUT2D eigenvalue weighted by atomic mass is 32.1. The van der Waals surface area contributed by atoms with E-state index in [0.29, 0.717) is 22.8 Å². The normalized spacial score (nSPS) is 11.1. The monoisotopic (exact) mass is 426 g/mol. The number of thiazole rings is 1. The molecule has 0 aliphatic rings. The fourth-order valence-electron chi connectivity index (χ4n) is 3.30. The number of amides is 1. The van der Waals surface area contributed by atoms with Gasteiger partial charge in [0.1, 0.15) is 5.75 Å². The maximum absolute atomic E-state index is 13.4. The average Bonchev–Trinajstić information content (AvgIpc) is 3.19. The minimum atomic E-state index is -0.109. The Labute approximate surface area is 181 Å². The van der Waals surface area contributed by atoms with Crippen LogP contribution in [0.5, 0.6) is 5.75 Å². The molecule has 158 valence electrons. The molecule has 0 radical (unpaired) electrons. The zero-order valence-corrected chi connectivity index (χ0v) is 18.7. The van der Waals surface area contributed by atoms with Crippen LogP contribution in [0.4, 0.5) is 5.13 Å². The minimum Gasteiger partial charge on any atom is -0.497 e. The summed E-state index contributed by atoms with van der Waals surface area (Å²) in [5.41, 5.74) is 1.96. The molecule has 0 aliphatic carbocycles. The van der Waals surface area contributed by atoms with Gasteiger partial charge in [-0.25, -0.2) is 4.98 Å². The predicted octanol–water partition coefficient (Wildman–Crippen LogP) is 3.08. The second-order valence-corrected chi connectivity index (χ2v) is 8.14. The number of rotatable bonds is 9. The van der Waals surface area contributed by atoms with Crippen molar-refractivity contribution in [2.45, 2.75) is 20.8 Å². The largest absolute Gasteiger partial charge is 0.497 e. The van der Waals surface area contributed by atoms with E-state index >= 15 is 0 Å². The summed E-state index contributed by atoms with van der Waals surface area (Å²) in [5, 5.41) is 0.672. The van der Waals surface area contributed by atoms with Gasteiger partial charge in [-0.3, -0.25) is 14.5 Å². The first-order chi connectivity index (χ1) is 14.5. The van der Waals surface area contributed by atoms with Crippen molar-refractivity contribution in [3.05, 3.63) is 53.6 Å². The molecule has 1 amide bonds. The van der Waals surface area contributed by atoms with Crippen LogP contribution in [0.1, 0.15) is 41.5 Å². The Kier molecular flexibility index (Phi) is 7.18. The molecule has 3 aromatic rings. The fourth-order valence-corrected chi connectivity index (χ4v) is 4.27. The van der Waals surface area contributed by atoms with Crippen LogP contribution in [0, 0.1) is 0 Å². The lowest BCUT2D eigenvalue weighted by molar-refractivity contribution is -0.894. The lowest BCUT2D eigenvalue weighted by Crippen LogP contribution is -3.12. The van der Waals surface area contributed by atoms with Crippen LogP contribution in [0.25, 0.3) is 10.2 Å². The molecule has 2 aromatic carbocycles. The summed E-state index contributed by atoms with van der Waals surface area (Å²) >= 11 is 1.50. The summed E-state index contributed by atoms with van der Waals surface area (Å²) < 4.78 is 6.31. The molecule has 1 aromatic heterocycles. The van der Waals surface area contributed by atoms with Crippen LogP contribution < -0.4 is 14.5 Å². The van der Waals surface area contributed by atoms with Gasteiger partial charge in [0.25, 0.3) is 5.91 Å². The summed E-state index contributed by atoms with van der Waals surface area (Å²) in [5.74, 6) is 0.614. The molecule has 7 heteroatoms. The van der Waals surface area contributed by atoms with Crippen molar-refractivity contribution >= 4 is 38.4 Å². The number of quaternary nitrogens is 1. The Morgan fingerprint density at radius 1 is 1.07 bits per heavy atom. The highest BCUT2D eigenvalue weighted by Gasteiger charge is 2.23. The van der Waals surface area contributed by atoms with Gasteiger partial charge in [-0.15, -0.1) is 0 Å². The molecule has 1 heterocycles. The Balaban J connectivity index is 1.95. The van der Waals surface area contributed by atoms with E-state index in [-0.39, 0.29) is 11.7 Å². The van der Waals surface area contributed by atoms with Crippen molar-refractivity contribution in [1.29, 1.82) is 0 Å². The number of Topliss-reactive ketones (excluding diaryl/α,β-unsaturated/α-hetero) is 1. The van der Waals surface area contributed by atoms with Gasteiger partial charge in [0.2, 0.25) is 0 Å². The van der Waals surface area contributed by atoms with Crippen molar-refractivity contribution in [3.63, 3.8) is 0 Å². The van der Waals surface area contributed by atoms with Crippen LogP contribution in [-0.2, 0) is 0 Å². The van der Waals surface area contributed by atoms with Crippen molar-refractivity contribution in [3.8, 4) is 5.75 Å². The Morgan fingerprint density at radius 3 is 2.33 bits per heavy atom. The van der Waals surface area contributed by atoms with Crippen molar-refractivity contribution in [2.75, 3.05) is 38.2 Å². The van der Waals surface area contributed by atoms with Gasteiger partial charge in [0.15, 0.2) is 10.9 Å². The van der Waals surface area contributed by atoms with Crippen molar-refractivity contribution < 1.29 is 19.2 Å². The topological polar surface area (TPSA) is 63.9 Å². The summed E-state index contributed by atoms with van der Waals surface area (Å²) in [7, 11) is 1.63. The van der Waals surface area contributed by atoms with E-state index in [2.05, 4.69) is 13.8 Å². The molecule has 0 saturated heterocycles. The van der Waals surface area contributed by atoms with Gasteiger partial charge in [-0.2, -0.15) is 0 Å². The number of ketones is 1. The maximum Gasteiger partial charge on any atom is 0.260 e. The quantitative estimate of drug-likeness (QED) is 0.534. The summed E-state index contributed by atoms with van der Waals surface area (Å²) in [6.45, 7) is 9.23. The molecule has 0 fully saturated rings. The molecule has 0 bridgehead atoms. The lowest BCUT2D eigenvalue weighted by atomic mass is 10.1. The third-order valence-corrected chi connectivity index (χ3v) is 6.35. The maximum atomic E-state index is 13.4. The number of nitrogens with zero attached hydrogens (tertiary/aromatic N) is 2. The van der Waals surface area contributed by atoms with Crippen LogP contribution in [-0.4, -0.2) is 50.0 Å². The van der Waals surface area contributed by atoms with E-state index in [1.807, 2.05) is 18.2 Å². The van der Waals surface area contributed by atoms with Gasteiger partial charge in [-0.1, -0.05) is 23.5 Å². The number of anilines is 1. The van der Waals surface area contributed by atoms with E-state index in [1.54, 1.807) is 36.3 Å². The number of likely N-dealkylation sites (N-methyl/N-ethyl adjacent to an activating group) is 1. The van der Waals surface area contributed by atoms with Crippen LogP contribution >= 0.6 is 11.3 Å². The average molecular weight is 427 g/mol. The Hall–Kier alpha value is -2.77. The fraction of sp³-hybridized carbons (Fsp3) is 0.348. The van der Waals surface area contributed by atoms with E-state index in [9.17, 15) is 9.59 Å². The van der Waals surface area contributed by atoms with Crippen LogP contribution in [0.15, 0.2) is 42.5 Å². The minimum absolute atomic E-state index is 0.0175. The number of methoxy groups -OCH3 is 1. The third kappa shape index (κ3) is 4.86. The molecule has 3 rings (SSSR count). The summed E-state index contributed by atoms with van der Waals surface area (Å²) in [6.07, 6.45) is 0. The first-order valence-electron chi connectivity index (χ1n) is 10.2. The van der Waals surface area contributed by atoms with Gasteiger partial charge >= 0.3 is 0 Å². The lowest BCUT2D eigenvalue weighted by Gasteiger charge is -2.23. The number of carbonyl (C=O) groups is 2. The van der Waals surface area contributed by atoms with Gasteiger partial charge in [-0.05, 0) is 45.0 Å². The zero-order valence-electron chi connectivity index (χ0n) is 17.9. The second-order valence-electron chi connectivity index (χ2n) is 7.13.